The second-order valence-electron chi connectivity index (χ2n) is 7.36. The SMILES string of the molecule is CC(=O)OC1c2ccccc2CCC1CCCC(=O)N1CCCCC1. The molecule has 3 rings (SSSR count). The van der Waals surface area contributed by atoms with E-state index in [0.717, 1.165) is 57.2 Å². The number of carbonyl (C=O) groups excluding carboxylic acids is 2. The molecule has 25 heavy (non-hydrogen) atoms. The number of aryl methyl sites for hydroxylation is 1. The van der Waals surface area contributed by atoms with Gasteiger partial charge in [-0.1, -0.05) is 24.3 Å². The standard InChI is InChI=1S/C21H29NO3/c1-16(23)25-21-18(13-12-17-8-3-4-10-19(17)21)9-7-11-20(24)22-14-5-2-6-15-22/h3-4,8,10,18,21H,2,5-7,9,11-15H2,1H3. The lowest BCUT2D eigenvalue weighted by Gasteiger charge is -2.33. The average Bonchev–Trinajstić information content (AvgIpc) is 2.63. The molecule has 1 aliphatic carbocycles. The van der Waals surface area contributed by atoms with Gasteiger partial charge in [-0.15, -0.1) is 0 Å². The number of rotatable bonds is 5. The normalized spacial score (nSPS) is 23.0. The largest absolute Gasteiger partial charge is 0.457 e. The Kier molecular flexibility index (Phi) is 6.11. The Morgan fingerprint density at radius 1 is 1.16 bits per heavy atom. The van der Waals surface area contributed by atoms with Gasteiger partial charge in [-0.2, -0.15) is 0 Å². The predicted octanol–water partition coefficient (Wildman–Crippen LogP) is 4.04. The smallest absolute Gasteiger partial charge is 0.303 e. The molecule has 1 saturated heterocycles. The number of carbonyl (C=O) groups is 2. The number of piperidine rings is 1. The summed E-state index contributed by atoms with van der Waals surface area (Å²) in [7, 11) is 0. The lowest BCUT2D eigenvalue weighted by atomic mass is 9.79. The minimum Gasteiger partial charge on any atom is -0.457 e. The van der Waals surface area contributed by atoms with Gasteiger partial charge >= 0.3 is 5.97 Å². The van der Waals surface area contributed by atoms with Gasteiger partial charge in [-0.3, -0.25) is 9.59 Å². The van der Waals surface area contributed by atoms with Crippen LogP contribution in [0.2, 0.25) is 0 Å². The third-order valence-corrected chi connectivity index (χ3v) is 5.54. The Hall–Kier alpha value is -1.84. The van der Waals surface area contributed by atoms with Crippen molar-refractivity contribution in [2.24, 2.45) is 5.92 Å². The van der Waals surface area contributed by atoms with E-state index in [1.54, 1.807) is 0 Å². The van der Waals surface area contributed by atoms with Crippen LogP contribution in [0.15, 0.2) is 24.3 Å². The van der Waals surface area contributed by atoms with E-state index in [4.69, 9.17) is 4.74 Å². The molecule has 0 radical (unpaired) electrons. The number of benzene rings is 1. The van der Waals surface area contributed by atoms with Crippen molar-refractivity contribution in [1.29, 1.82) is 0 Å². The molecule has 1 heterocycles. The van der Waals surface area contributed by atoms with Gasteiger partial charge in [0, 0.05) is 32.4 Å². The van der Waals surface area contributed by atoms with Crippen molar-refractivity contribution in [3.8, 4) is 0 Å². The molecule has 4 nitrogen and oxygen atoms in total. The summed E-state index contributed by atoms with van der Waals surface area (Å²) in [6.45, 7) is 3.32. The van der Waals surface area contributed by atoms with E-state index in [9.17, 15) is 9.59 Å². The fourth-order valence-corrected chi connectivity index (χ4v) is 4.24. The van der Waals surface area contributed by atoms with Gasteiger partial charge in [-0.25, -0.2) is 0 Å². The van der Waals surface area contributed by atoms with E-state index in [0.29, 0.717) is 18.2 Å². The van der Waals surface area contributed by atoms with Gasteiger partial charge in [0.15, 0.2) is 0 Å². The van der Waals surface area contributed by atoms with Gasteiger partial charge in [0.05, 0.1) is 0 Å². The van der Waals surface area contributed by atoms with Crippen LogP contribution in [0.1, 0.15) is 69.1 Å². The van der Waals surface area contributed by atoms with E-state index in [-0.39, 0.29) is 12.1 Å². The summed E-state index contributed by atoms with van der Waals surface area (Å²) >= 11 is 0. The van der Waals surface area contributed by atoms with Crippen LogP contribution in [0.25, 0.3) is 0 Å². The summed E-state index contributed by atoms with van der Waals surface area (Å²) in [4.78, 5) is 25.9. The number of hydrogen-bond acceptors (Lipinski definition) is 3. The zero-order chi connectivity index (χ0) is 17.6. The molecular weight excluding hydrogens is 314 g/mol. The maximum absolute atomic E-state index is 12.3. The Morgan fingerprint density at radius 3 is 2.68 bits per heavy atom. The summed E-state index contributed by atoms with van der Waals surface area (Å²) in [5, 5.41) is 0. The maximum Gasteiger partial charge on any atom is 0.303 e. The number of likely N-dealkylation sites (tertiary alicyclic amines) is 1. The van der Waals surface area contributed by atoms with Gasteiger partial charge < -0.3 is 9.64 Å². The molecule has 1 amide bonds. The first-order chi connectivity index (χ1) is 12.1. The Morgan fingerprint density at radius 2 is 1.92 bits per heavy atom. The molecule has 0 N–H and O–H groups in total. The number of hydrogen-bond donors (Lipinski definition) is 0. The molecule has 0 bridgehead atoms. The molecule has 0 spiro atoms. The third kappa shape index (κ3) is 4.62. The van der Waals surface area contributed by atoms with Gasteiger partial charge in [0.25, 0.3) is 0 Å². The van der Waals surface area contributed by atoms with E-state index in [1.165, 1.54) is 18.9 Å². The molecule has 2 atom stereocenters. The molecular formula is C21H29NO3. The van der Waals surface area contributed by atoms with Crippen LogP contribution >= 0.6 is 0 Å². The number of amides is 1. The van der Waals surface area contributed by atoms with Crippen molar-refractivity contribution < 1.29 is 14.3 Å². The summed E-state index contributed by atoms with van der Waals surface area (Å²) in [6, 6.07) is 8.26. The molecule has 2 aliphatic rings. The average molecular weight is 343 g/mol. The molecule has 136 valence electrons. The Balaban J connectivity index is 1.57. The van der Waals surface area contributed by atoms with Crippen molar-refractivity contribution in [2.45, 2.75) is 64.4 Å². The van der Waals surface area contributed by atoms with Crippen molar-refractivity contribution in [3.05, 3.63) is 35.4 Å². The molecule has 1 aromatic carbocycles. The van der Waals surface area contributed by atoms with Crippen LogP contribution in [-0.2, 0) is 20.7 Å². The first kappa shape index (κ1) is 18.0. The lowest BCUT2D eigenvalue weighted by Crippen LogP contribution is -2.35. The second kappa shape index (κ2) is 8.50. The van der Waals surface area contributed by atoms with Crippen molar-refractivity contribution in [1.82, 2.24) is 4.90 Å². The topological polar surface area (TPSA) is 46.6 Å². The summed E-state index contributed by atoms with van der Waals surface area (Å²) < 4.78 is 5.67. The first-order valence-corrected chi connectivity index (χ1v) is 9.68. The molecule has 0 aromatic heterocycles. The summed E-state index contributed by atoms with van der Waals surface area (Å²) in [5.74, 6) is 0.379. The fraction of sp³-hybridized carbons (Fsp3) is 0.619. The monoisotopic (exact) mass is 343 g/mol. The summed E-state index contributed by atoms with van der Waals surface area (Å²) in [5.41, 5.74) is 2.44. The zero-order valence-corrected chi connectivity index (χ0v) is 15.2. The van der Waals surface area contributed by atoms with E-state index in [1.807, 2.05) is 17.0 Å². The molecule has 2 unspecified atom stereocenters. The van der Waals surface area contributed by atoms with Gasteiger partial charge in [0.1, 0.15) is 6.10 Å². The van der Waals surface area contributed by atoms with E-state index >= 15 is 0 Å². The second-order valence-corrected chi connectivity index (χ2v) is 7.36. The molecule has 0 saturated carbocycles. The van der Waals surface area contributed by atoms with Crippen LogP contribution in [0, 0.1) is 5.92 Å². The van der Waals surface area contributed by atoms with Crippen LogP contribution in [0.3, 0.4) is 0 Å². The van der Waals surface area contributed by atoms with Gasteiger partial charge in [0.2, 0.25) is 5.91 Å². The Bertz CT molecular complexity index is 607. The van der Waals surface area contributed by atoms with Crippen LogP contribution < -0.4 is 0 Å². The number of nitrogens with zero attached hydrogens (tertiary/aromatic N) is 1. The zero-order valence-electron chi connectivity index (χ0n) is 15.2. The quantitative estimate of drug-likeness (QED) is 0.758. The summed E-state index contributed by atoms with van der Waals surface area (Å²) in [6.07, 6.45) is 7.84. The van der Waals surface area contributed by atoms with E-state index < -0.39 is 0 Å². The van der Waals surface area contributed by atoms with Crippen molar-refractivity contribution in [2.75, 3.05) is 13.1 Å². The minimum absolute atomic E-state index is 0.160. The highest BCUT2D eigenvalue weighted by atomic mass is 16.5. The first-order valence-electron chi connectivity index (χ1n) is 9.68. The van der Waals surface area contributed by atoms with E-state index in [2.05, 4.69) is 12.1 Å². The van der Waals surface area contributed by atoms with Crippen LogP contribution in [0.4, 0.5) is 0 Å². The van der Waals surface area contributed by atoms with Gasteiger partial charge in [-0.05, 0) is 56.1 Å². The van der Waals surface area contributed by atoms with Crippen molar-refractivity contribution in [3.63, 3.8) is 0 Å². The van der Waals surface area contributed by atoms with Crippen LogP contribution in [0.5, 0.6) is 0 Å². The van der Waals surface area contributed by atoms with Crippen LogP contribution in [-0.4, -0.2) is 29.9 Å². The number of ether oxygens (including phenoxy) is 1. The Labute approximate surface area is 150 Å². The molecule has 1 fully saturated rings. The highest BCUT2D eigenvalue weighted by Crippen LogP contribution is 2.39. The maximum atomic E-state index is 12.3. The number of fused-ring (bicyclic) bond motifs is 1. The predicted molar refractivity (Wildman–Crippen MR) is 97.0 cm³/mol. The molecule has 4 heteroatoms. The number of esters is 1. The lowest BCUT2D eigenvalue weighted by molar-refractivity contribution is -0.150. The minimum atomic E-state index is -0.226. The highest BCUT2D eigenvalue weighted by molar-refractivity contribution is 5.76. The molecule has 1 aromatic rings. The highest BCUT2D eigenvalue weighted by Gasteiger charge is 2.31. The third-order valence-electron chi connectivity index (χ3n) is 5.54. The fourth-order valence-electron chi connectivity index (χ4n) is 4.24. The molecule has 1 aliphatic heterocycles. The van der Waals surface area contributed by atoms with Crippen molar-refractivity contribution >= 4 is 11.9 Å².